The molecule has 0 fully saturated rings. The van der Waals surface area contributed by atoms with Gasteiger partial charge in [0, 0.05) is 11.1 Å². The van der Waals surface area contributed by atoms with E-state index >= 15 is 0 Å². The van der Waals surface area contributed by atoms with Crippen LogP contribution in [-0.2, 0) is 20.9 Å². The van der Waals surface area contributed by atoms with Gasteiger partial charge in [0.2, 0.25) is 0 Å². The Kier molecular flexibility index (Phi) is 9.40. The second-order valence-corrected chi connectivity index (χ2v) is 10.8. The van der Waals surface area contributed by atoms with E-state index < -0.39 is 23.4 Å². The van der Waals surface area contributed by atoms with Crippen LogP contribution in [0, 0.1) is 10.1 Å². The third-order valence-electron chi connectivity index (χ3n) is 6.17. The number of fused-ring (bicyclic) bond motifs is 1. The van der Waals surface area contributed by atoms with Gasteiger partial charge in [-0.1, -0.05) is 66.2 Å². The molecule has 216 valence electrons. The predicted molar refractivity (Wildman–Crippen MR) is 167 cm³/mol. The average molecular weight is 614 g/mol. The third-order valence-corrected chi connectivity index (χ3v) is 7.51. The molecule has 0 aliphatic carbocycles. The smallest absolute Gasteiger partial charge is 0.310 e. The molecule has 0 unspecified atom stereocenters. The molecule has 0 spiro atoms. The summed E-state index contributed by atoms with van der Waals surface area (Å²) < 4.78 is 12.1. The monoisotopic (exact) mass is 613 g/mol. The summed E-state index contributed by atoms with van der Waals surface area (Å²) in [5, 5.41) is 14.5. The number of anilines is 1. The van der Waals surface area contributed by atoms with Crippen molar-refractivity contribution in [3.63, 3.8) is 0 Å². The van der Waals surface area contributed by atoms with Crippen LogP contribution in [0.3, 0.4) is 0 Å². The lowest BCUT2D eigenvalue weighted by Crippen LogP contribution is -2.21. The van der Waals surface area contributed by atoms with Crippen LogP contribution >= 0.6 is 22.9 Å². The van der Waals surface area contributed by atoms with Gasteiger partial charge in [0.25, 0.3) is 11.6 Å². The van der Waals surface area contributed by atoms with Crippen molar-refractivity contribution >= 4 is 68.1 Å². The first-order valence-electron chi connectivity index (χ1n) is 13.1. The van der Waals surface area contributed by atoms with Crippen LogP contribution in [0.4, 0.5) is 11.4 Å². The van der Waals surface area contributed by atoms with E-state index in [0.29, 0.717) is 22.9 Å². The zero-order valence-corrected chi connectivity index (χ0v) is 24.1. The molecule has 4 aromatic carbocycles. The molecule has 5 aromatic rings. The lowest BCUT2D eigenvalue weighted by molar-refractivity contribution is -0.383. The van der Waals surface area contributed by atoms with Gasteiger partial charge in [0.1, 0.15) is 23.1 Å². The summed E-state index contributed by atoms with van der Waals surface area (Å²) >= 11 is 7.27. The maximum atomic E-state index is 12.9. The number of rotatable bonds is 11. The highest BCUT2D eigenvalue weighted by atomic mass is 35.5. The zero-order chi connectivity index (χ0) is 30.2. The number of benzene rings is 4. The van der Waals surface area contributed by atoms with E-state index in [0.717, 1.165) is 27.4 Å². The van der Waals surface area contributed by atoms with E-state index in [2.05, 4.69) is 5.32 Å². The number of esters is 1. The Morgan fingerprint density at radius 3 is 2.47 bits per heavy atom. The van der Waals surface area contributed by atoms with Gasteiger partial charge in [-0.3, -0.25) is 19.7 Å². The van der Waals surface area contributed by atoms with Crippen molar-refractivity contribution < 1.29 is 24.0 Å². The van der Waals surface area contributed by atoms with Crippen molar-refractivity contribution in [3.05, 3.63) is 128 Å². The molecule has 5 rings (SSSR count). The standard InChI is InChI=1S/C32H24ClN3O6S/c33-24-12-15-26(28(18-24)36(39)40)34-30(37)20-42-31(38)17-23(32-35-27-8-4-5-9-29(27)43-32)16-21-10-13-25(14-11-21)41-19-22-6-2-1-3-7-22/h1-16,18H,17,19-20H2,(H,34,37). The van der Waals surface area contributed by atoms with Crippen LogP contribution in [0.2, 0.25) is 5.02 Å². The fourth-order valence-electron chi connectivity index (χ4n) is 4.10. The molecule has 0 aliphatic heterocycles. The molecule has 9 nitrogen and oxygen atoms in total. The van der Waals surface area contributed by atoms with Crippen molar-refractivity contribution in [2.45, 2.75) is 13.0 Å². The van der Waals surface area contributed by atoms with Gasteiger partial charge in [0.05, 0.1) is 21.6 Å². The summed E-state index contributed by atoms with van der Waals surface area (Å²) in [6, 6.07) is 28.8. The normalized spacial score (nSPS) is 11.2. The minimum Gasteiger partial charge on any atom is -0.489 e. The number of para-hydroxylation sites is 1. The van der Waals surface area contributed by atoms with Gasteiger partial charge in [0.15, 0.2) is 6.61 Å². The van der Waals surface area contributed by atoms with Gasteiger partial charge in [-0.05, 0) is 59.2 Å². The van der Waals surface area contributed by atoms with Gasteiger partial charge in [-0.25, -0.2) is 4.98 Å². The van der Waals surface area contributed by atoms with E-state index in [1.807, 2.05) is 84.9 Å². The van der Waals surface area contributed by atoms with Gasteiger partial charge in [-0.2, -0.15) is 0 Å². The fraction of sp³-hybridized carbons (Fsp3) is 0.0938. The Morgan fingerprint density at radius 1 is 0.977 bits per heavy atom. The number of hydrogen-bond donors (Lipinski definition) is 1. The molecule has 0 aliphatic rings. The number of carbonyl (C=O) groups excluding carboxylic acids is 2. The molecule has 1 amide bonds. The Bertz CT molecular complexity index is 1770. The third kappa shape index (κ3) is 8.03. The number of amides is 1. The number of nitro benzene ring substituents is 1. The number of halogens is 1. The highest BCUT2D eigenvalue weighted by molar-refractivity contribution is 7.19. The van der Waals surface area contributed by atoms with Gasteiger partial charge in [-0.15, -0.1) is 11.3 Å². The van der Waals surface area contributed by atoms with Crippen LogP contribution in [0.1, 0.15) is 22.6 Å². The summed E-state index contributed by atoms with van der Waals surface area (Å²) in [4.78, 5) is 40.6. The molecule has 0 atom stereocenters. The number of thiazole rings is 1. The number of hydrogen-bond acceptors (Lipinski definition) is 8. The van der Waals surface area contributed by atoms with Crippen LogP contribution < -0.4 is 10.1 Å². The van der Waals surface area contributed by atoms with Crippen molar-refractivity contribution in [1.82, 2.24) is 4.98 Å². The minimum absolute atomic E-state index is 0.0540. The Hall–Kier alpha value is -5.06. The molecule has 0 saturated carbocycles. The number of aromatic nitrogens is 1. The summed E-state index contributed by atoms with van der Waals surface area (Å²) in [6.45, 7) is -0.184. The number of ether oxygens (including phenoxy) is 2. The Balaban J connectivity index is 1.28. The first-order chi connectivity index (χ1) is 20.8. The predicted octanol–water partition coefficient (Wildman–Crippen LogP) is 7.55. The van der Waals surface area contributed by atoms with Crippen LogP contribution in [0.5, 0.6) is 5.75 Å². The average Bonchev–Trinajstić information content (AvgIpc) is 3.45. The molecule has 0 bridgehead atoms. The van der Waals surface area contributed by atoms with E-state index in [-0.39, 0.29) is 22.8 Å². The van der Waals surface area contributed by atoms with Crippen molar-refractivity contribution in [3.8, 4) is 5.75 Å². The summed E-state index contributed by atoms with van der Waals surface area (Å²) in [5.41, 5.74) is 2.87. The van der Waals surface area contributed by atoms with Crippen LogP contribution in [0.25, 0.3) is 21.9 Å². The van der Waals surface area contributed by atoms with Crippen molar-refractivity contribution in [2.24, 2.45) is 0 Å². The van der Waals surface area contributed by atoms with Crippen molar-refractivity contribution in [1.29, 1.82) is 0 Å². The maximum absolute atomic E-state index is 12.9. The number of carbonyl (C=O) groups is 2. The highest BCUT2D eigenvalue weighted by Crippen LogP contribution is 2.31. The molecule has 0 radical (unpaired) electrons. The van der Waals surface area contributed by atoms with E-state index in [1.54, 1.807) is 0 Å². The van der Waals surface area contributed by atoms with Crippen molar-refractivity contribution in [2.75, 3.05) is 11.9 Å². The molecule has 11 heteroatoms. The molecule has 0 saturated heterocycles. The first kappa shape index (κ1) is 29.4. The molecular formula is C32H24ClN3O6S. The topological polar surface area (TPSA) is 121 Å². The van der Waals surface area contributed by atoms with Crippen LogP contribution in [0.15, 0.2) is 97.1 Å². The molecule has 1 aromatic heterocycles. The van der Waals surface area contributed by atoms with E-state index in [4.69, 9.17) is 26.1 Å². The second-order valence-electron chi connectivity index (χ2n) is 9.30. The SMILES string of the molecule is O=C(COC(=O)CC(=Cc1ccc(OCc2ccccc2)cc1)c1nc2ccccc2s1)Nc1ccc(Cl)cc1[N+](=O)[O-]. The molecule has 43 heavy (non-hydrogen) atoms. The summed E-state index contributed by atoms with van der Waals surface area (Å²) in [7, 11) is 0. The second kappa shape index (κ2) is 13.7. The summed E-state index contributed by atoms with van der Waals surface area (Å²) in [5.74, 6) is -0.682. The first-order valence-corrected chi connectivity index (χ1v) is 14.3. The van der Waals surface area contributed by atoms with Gasteiger partial charge >= 0.3 is 5.97 Å². The van der Waals surface area contributed by atoms with Crippen LogP contribution in [-0.4, -0.2) is 28.4 Å². The van der Waals surface area contributed by atoms with E-state index in [1.165, 1.54) is 23.5 Å². The number of nitro groups is 1. The molecular weight excluding hydrogens is 590 g/mol. The molecule has 1 N–H and O–H groups in total. The number of nitrogens with zero attached hydrogens (tertiary/aromatic N) is 2. The lowest BCUT2D eigenvalue weighted by atomic mass is 10.1. The maximum Gasteiger partial charge on any atom is 0.310 e. The largest absolute Gasteiger partial charge is 0.489 e. The fourth-order valence-corrected chi connectivity index (χ4v) is 5.25. The quantitative estimate of drug-likeness (QED) is 0.0927. The molecule has 1 heterocycles. The zero-order valence-electron chi connectivity index (χ0n) is 22.6. The minimum atomic E-state index is -0.726. The Morgan fingerprint density at radius 2 is 1.72 bits per heavy atom. The Labute approximate surface area is 255 Å². The van der Waals surface area contributed by atoms with E-state index in [9.17, 15) is 19.7 Å². The lowest BCUT2D eigenvalue weighted by Gasteiger charge is -2.09. The van der Waals surface area contributed by atoms with Gasteiger partial charge < -0.3 is 14.8 Å². The summed E-state index contributed by atoms with van der Waals surface area (Å²) in [6.07, 6.45) is 1.69. The highest BCUT2D eigenvalue weighted by Gasteiger charge is 2.19. The number of nitrogens with one attached hydrogen (secondary N) is 1.